The van der Waals surface area contributed by atoms with E-state index in [0.717, 1.165) is 0 Å². The standard InChI is InChI=1S/C15H18FNO3/c1-8(9-5-4-6-10(16)7-9)17-13(18)11-12(14(19)20)15(11,2)3/h4-8,11-12H,1-3H3,(H,17,18)(H,19,20)/t8-,11+,12-/m0/s1. The van der Waals surface area contributed by atoms with Crippen molar-refractivity contribution in [2.75, 3.05) is 0 Å². The number of amides is 1. The molecule has 5 heteroatoms. The molecule has 108 valence electrons. The molecule has 1 amide bonds. The molecule has 20 heavy (non-hydrogen) atoms. The highest BCUT2D eigenvalue weighted by atomic mass is 19.1. The Morgan fingerprint density at radius 1 is 1.35 bits per heavy atom. The summed E-state index contributed by atoms with van der Waals surface area (Å²) in [7, 11) is 0. The van der Waals surface area contributed by atoms with Gasteiger partial charge in [-0.15, -0.1) is 0 Å². The van der Waals surface area contributed by atoms with Crippen molar-refractivity contribution in [3.8, 4) is 0 Å². The maximum atomic E-state index is 13.1. The van der Waals surface area contributed by atoms with Crippen LogP contribution in [-0.2, 0) is 9.59 Å². The van der Waals surface area contributed by atoms with Crippen LogP contribution < -0.4 is 5.32 Å². The number of carboxylic acid groups (broad SMARTS) is 1. The van der Waals surface area contributed by atoms with Gasteiger partial charge in [-0.3, -0.25) is 9.59 Å². The summed E-state index contributed by atoms with van der Waals surface area (Å²) in [6.07, 6.45) is 0. The summed E-state index contributed by atoms with van der Waals surface area (Å²) in [6.45, 7) is 5.28. The summed E-state index contributed by atoms with van der Waals surface area (Å²) in [5.74, 6) is -2.79. The van der Waals surface area contributed by atoms with E-state index in [1.165, 1.54) is 12.1 Å². The largest absolute Gasteiger partial charge is 0.481 e. The number of carbonyl (C=O) groups excluding carboxylic acids is 1. The van der Waals surface area contributed by atoms with Gasteiger partial charge in [-0.05, 0) is 30.0 Å². The third-order valence-corrected chi connectivity index (χ3v) is 4.08. The van der Waals surface area contributed by atoms with Crippen molar-refractivity contribution in [1.82, 2.24) is 5.32 Å². The molecule has 1 saturated carbocycles. The van der Waals surface area contributed by atoms with E-state index in [2.05, 4.69) is 5.32 Å². The van der Waals surface area contributed by atoms with Crippen LogP contribution in [0.3, 0.4) is 0 Å². The maximum absolute atomic E-state index is 13.1. The number of carboxylic acids is 1. The molecule has 1 aliphatic rings. The Hall–Kier alpha value is -1.91. The van der Waals surface area contributed by atoms with Crippen LogP contribution >= 0.6 is 0 Å². The van der Waals surface area contributed by atoms with Crippen LogP contribution in [0, 0.1) is 23.1 Å². The number of benzene rings is 1. The molecule has 2 N–H and O–H groups in total. The fourth-order valence-corrected chi connectivity index (χ4v) is 2.75. The molecule has 0 heterocycles. The molecule has 1 aromatic carbocycles. The topological polar surface area (TPSA) is 66.4 Å². The van der Waals surface area contributed by atoms with Crippen molar-refractivity contribution in [1.29, 1.82) is 0 Å². The molecule has 0 spiro atoms. The summed E-state index contributed by atoms with van der Waals surface area (Å²) < 4.78 is 13.1. The van der Waals surface area contributed by atoms with Gasteiger partial charge in [0.05, 0.1) is 17.9 Å². The minimum atomic E-state index is -0.950. The lowest BCUT2D eigenvalue weighted by molar-refractivity contribution is -0.140. The van der Waals surface area contributed by atoms with Crippen LogP contribution in [0.25, 0.3) is 0 Å². The quantitative estimate of drug-likeness (QED) is 0.889. The van der Waals surface area contributed by atoms with Gasteiger partial charge in [-0.25, -0.2) is 4.39 Å². The summed E-state index contributed by atoms with van der Waals surface area (Å²) >= 11 is 0. The second-order valence-corrected chi connectivity index (χ2v) is 5.90. The van der Waals surface area contributed by atoms with Crippen molar-refractivity contribution in [3.05, 3.63) is 35.6 Å². The molecular formula is C15H18FNO3. The Morgan fingerprint density at radius 2 is 2.00 bits per heavy atom. The van der Waals surface area contributed by atoms with E-state index in [9.17, 15) is 14.0 Å². The highest BCUT2D eigenvalue weighted by molar-refractivity contribution is 5.91. The maximum Gasteiger partial charge on any atom is 0.307 e. The van der Waals surface area contributed by atoms with Crippen LogP contribution in [0.15, 0.2) is 24.3 Å². The van der Waals surface area contributed by atoms with Crippen LogP contribution in [-0.4, -0.2) is 17.0 Å². The lowest BCUT2D eigenvalue weighted by Crippen LogP contribution is -2.30. The second kappa shape index (κ2) is 4.89. The van der Waals surface area contributed by atoms with Gasteiger partial charge in [-0.2, -0.15) is 0 Å². The molecule has 0 unspecified atom stereocenters. The molecule has 0 aromatic heterocycles. The number of carbonyl (C=O) groups is 2. The van der Waals surface area contributed by atoms with Crippen molar-refractivity contribution >= 4 is 11.9 Å². The van der Waals surface area contributed by atoms with Gasteiger partial charge in [-0.1, -0.05) is 26.0 Å². The fraction of sp³-hybridized carbons (Fsp3) is 0.467. The Labute approximate surface area is 117 Å². The van der Waals surface area contributed by atoms with Crippen LogP contribution in [0.1, 0.15) is 32.4 Å². The number of hydrogen-bond acceptors (Lipinski definition) is 2. The molecule has 0 bridgehead atoms. The number of halogens is 1. The van der Waals surface area contributed by atoms with Crippen molar-refractivity contribution in [2.24, 2.45) is 17.3 Å². The van der Waals surface area contributed by atoms with Crippen molar-refractivity contribution in [3.63, 3.8) is 0 Å². The monoisotopic (exact) mass is 279 g/mol. The third-order valence-electron chi connectivity index (χ3n) is 4.08. The minimum Gasteiger partial charge on any atom is -0.481 e. The number of nitrogens with one attached hydrogen (secondary N) is 1. The zero-order chi connectivity index (χ0) is 15.1. The molecule has 0 aliphatic heterocycles. The van der Waals surface area contributed by atoms with E-state index in [0.29, 0.717) is 5.56 Å². The van der Waals surface area contributed by atoms with Gasteiger partial charge in [0.15, 0.2) is 0 Å². The van der Waals surface area contributed by atoms with E-state index in [-0.39, 0.29) is 17.8 Å². The normalized spacial score (nSPS) is 24.8. The van der Waals surface area contributed by atoms with E-state index in [1.54, 1.807) is 32.9 Å². The van der Waals surface area contributed by atoms with Crippen molar-refractivity contribution in [2.45, 2.75) is 26.8 Å². The highest BCUT2D eigenvalue weighted by Crippen LogP contribution is 2.58. The summed E-state index contributed by atoms with van der Waals surface area (Å²) in [6, 6.07) is 5.64. The van der Waals surface area contributed by atoms with Gasteiger partial charge in [0.2, 0.25) is 5.91 Å². The average Bonchev–Trinajstić information content (AvgIpc) is 2.92. The fourth-order valence-electron chi connectivity index (χ4n) is 2.75. The Kier molecular flexibility index (Phi) is 3.54. The number of hydrogen-bond donors (Lipinski definition) is 2. The van der Waals surface area contributed by atoms with E-state index in [4.69, 9.17) is 5.11 Å². The average molecular weight is 279 g/mol. The predicted molar refractivity (Wildman–Crippen MR) is 71.4 cm³/mol. The molecule has 0 radical (unpaired) electrons. The number of rotatable bonds is 4. The molecule has 1 aliphatic carbocycles. The van der Waals surface area contributed by atoms with E-state index in [1.807, 2.05) is 0 Å². The van der Waals surface area contributed by atoms with Crippen molar-refractivity contribution < 1.29 is 19.1 Å². The second-order valence-electron chi connectivity index (χ2n) is 5.90. The predicted octanol–water partition coefficient (Wildman–Crippen LogP) is 2.36. The van der Waals surface area contributed by atoms with E-state index < -0.39 is 23.2 Å². The van der Waals surface area contributed by atoms with Crippen LogP contribution in [0.2, 0.25) is 0 Å². The third kappa shape index (κ3) is 2.53. The molecular weight excluding hydrogens is 261 g/mol. The number of aliphatic carboxylic acids is 1. The Balaban J connectivity index is 2.04. The lowest BCUT2D eigenvalue weighted by atomic mass is 10.1. The lowest BCUT2D eigenvalue weighted by Gasteiger charge is -2.15. The first kappa shape index (κ1) is 14.5. The van der Waals surface area contributed by atoms with Gasteiger partial charge < -0.3 is 10.4 Å². The molecule has 4 nitrogen and oxygen atoms in total. The summed E-state index contributed by atoms with van der Waals surface area (Å²) in [4.78, 5) is 23.2. The SMILES string of the molecule is C[C@H](NC(=O)[C@H]1[C@@H](C(=O)O)C1(C)C)c1cccc(F)c1. The van der Waals surface area contributed by atoms with Gasteiger partial charge in [0, 0.05) is 0 Å². The van der Waals surface area contributed by atoms with Gasteiger partial charge in [0.1, 0.15) is 5.82 Å². The molecule has 3 atom stereocenters. The Bertz CT molecular complexity index is 556. The summed E-state index contributed by atoms with van der Waals surface area (Å²) in [5.41, 5.74) is 0.126. The first-order valence-corrected chi connectivity index (χ1v) is 6.53. The summed E-state index contributed by atoms with van der Waals surface area (Å²) in [5, 5.41) is 11.8. The zero-order valence-electron chi connectivity index (χ0n) is 11.7. The van der Waals surface area contributed by atoms with Crippen LogP contribution in [0.4, 0.5) is 4.39 Å². The highest BCUT2D eigenvalue weighted by Gasteiger charge is 2.65. The first-order valence-electron chi connectivity index (χ1n) is 6.53. The smallest absolute Gasteiger partial charge is 0.307 e. The Morgan fingerprint density at radius 3 is 2.50 bits per heavy atom. The molecule has 1 fully saturated rings. The molecule has 0 saturated heterocycles. The molecule has 1 aromatic rings. The van der Waals surface area contributed by atoms with E-state index >= 15 is 0 Å². The van der Waals surface area contributed by atoms with Crippen LogP contribution in [0.5, 0.6) is 0 Å². The van der Waals surface area contributed by atoms with Gasteiger partial charge >= 0.3 is 5.97 Å². The van der Waals surface area contributed by atoms with Gasteiger partial charge in [0.25, 0.3) is 0 Å². The first-order chi connectivity index (χ1) is 9.25. The molecule has 2 rings (SSSR count). The zero-order valence-corrected chi connectivity index (χ0v) is 11.7. The minimum absolute atomic E-state index is 0.292.